The molecule has 1 fully saturated rings. The zero-order valence-corrected chi connectivity index (χ0v) is 15.2. The first-order valence-corrected chi connectivity index (χ1v) is 9.05. The van der Waals surface area contributed by atoms with Gasteiger partial charge in [0.15, 0.2) is 0 Å². The Morgan fingerprint density at radius 2 is 2.24 bits per heavy atom. The Kier molecular flexibility index (Phi) is 6.99. The lowest BCUT2D eigenvalue weighted by Gasteiger charge is -2.27. The van der Waals surface area contributed by atoms with E-state index in [1.807, 2.05) is 0 Å². The van der Waals surface area contributed by atoms with Crippen molar-refractivity contribution < 1.29 is 14.8 Å². The van der Waals surface area contributed by atoms with Crippen LogP contribution in [0.1, 0.15) is 51.8 Å². The second kappa shape index (κ2) is 8.99. The monoisotopic (exact) mass is 350 g/mol. The van der Waals surface area contributed by atoms with Crippen molar-refractivity contribution in [3.8, 4) is 0 Å². The Labute approximate surface area is 149 Å². The molecule has 0 aromatic carbocycles. The van der Waals surface area contributed by atoms with E-state index in [9.17, 15) is 14.8 Å². The molecule has 2 rings (SSSR count). The summed E-state index contributed by atoms with van der Waals surface area (Å²) in [6.07, 6.45) is 9.47. The number of rotatable bonds is 10. The lowest BCUT2D eigenvalue weighted by atomic mass is 9.86. The van der Waals surface area contributed by atoms with Gasteiger partial charge in [0, 0.05) is 31.8 Å². The fourth-order valence-corrected chi connectivity index (χ4v) is 3.65. The molecule has 1 unspecified atom stereocenters. The molecule has 7 nitrogen and oxygen atoms in total. The molecule has 2 amide bonds. The van der Waals surface area contributed by atoms with Gasteiger partial charge in [0.05, 0.1) is 6.54 Å². The Hall–Kier alpha value is -1.89. The number of hydroxylamine groups is 2. The van der Waals surface area contributed by atoms with E-state index in [-0.39, 0.29) is 23.8 Å². The molecular formula is C18H30N4O3. The van der Waals surface area contributed by atoms with Crippen molar-refractivity contribution in [3.05, 3.63) is 18.2 Å². The van der Waals surface area contributed by atoms with Gasteiger partial charge in [-0.15, -0.1) is 0 Å². The van der Waals surface area contributed by atoms with E-state index >= 15 is 0 Å². The van der Waals surface area contributed by atoms with Crippen LogP contribution in [-0.4, -0.2) is 45.6 Å². The first kappa shape index (κ1) is 19.4. The minimum atomic E-state index is -0.109. The molecule has 1 aliphatic carbocycles. The quantitative estimate of drug-likeness (QED) is 0.342. The maximum Gasteiger partial charge on any atom is 0.233 e. The highest BCUT2D eigenvalue weighted by Gasteiger charge is 2.29. The molecule has 1 atom stereocenters. The Morgan fingerprint density at radius 3 is 2.84 bits per heavy atom. The summed E-state index contributed by atoms with van der Waals surface area (Å²) in [7, 11) is 0. The van der Waals surface area contributed by atoms with Crippen LogP contribution >= 0.6 is 0 Å². The molecule has 0 saturated heterocycles. The summed E-state index contributed by atoms with van der Waals surface area (Å²) in [6, 6.07) is 0. The van der Waals surface area contributed by atoms with Crippen molar-refractivity contribution in [2.75, 3.05) is 13.1 Å². The average Bonchev–Trinajstić information content (AvgIpc) is 3.25. The third-order valence-corrected chi connectivity index (χ3v) is 5.02. The minimum Gasteiger partial charge on any atom is -0.356 e. The van der Waals surface area contributed by atoms with Gasteiger partial charge < -0.3 is 10.3 Å². The largest absolute Gasteiger partial charge is 0.356 e. The standard InChI is InChI=1S/C18H30N4O3/c1-18(2,10-16-19-7-8-20-16)12-21-17(24)9-15(11-22(25)13-23)14-5-3-4-6-14/h7-8,13-15,25H,3-6,9-12H2,1-2H3,(H,19,20)(H,21,24). The van der Waals surface area contributed by atoms with Gasteiger partial charge in [-0.05, 0) is 17.3 Å². The summed E-state index contributed by atoms with van der Waals surface area (Å²) >= 11 is 0. The molecule has 1 aromatic heterocycles. The highest BCUT2D eigenvalue weighted by molar-refractivity contribution is 5.76. The third-order valence-electron chi connectivity index (χ3n) is 5.02. The number of hydrogen-bond donors (Lipinski definition) is 3. The molecule has 0 radical (unpaired) electrons. The number of amides is 2. The van der Waals surface area contributed by atoms with Crippen molar-refractivity contribution in [1.82, 2.24) is 20.3 Å². The van der Waals surface area contributed by atoms with E-state index in [0.29, 0.717) is 30.4 Å². The highest BCUT2D eigenvalue weighted by atomic mass is 16.5. The molecule has 7 heteroatoms. The van der Waals surface area contributed by atoms with Gasteiger partial charge in [0.25, 0.3) is 0 Å². The first-order chi connectivity index (χ1) is 11.9. The van der Waals surface area contributed by atoms with Gasteiger partial charge in [0.2, 0.25) is 12.3 Å². The van der Waals surface area contributed by atoms with Crippen LogP contribution in [0.2, 0.25) is 0 Å². The topological polar surface area (TPSA) is 98.3 Å². The van der Waals surface area contributed by atoms with Crippen LogP contribution in [0.5, 0.6) is 0 Å². The van der Waals surface area contributed by atoms with E-state index in [0.717, 1.165) is 37.9 Å². The third kappa shape index (κ3) is 6.49. The van der Waals surface area contributed by atoms with Crippen LogP contribution in [0.15, 0.2) is 12.4 Å². The zero-order valence-electron chi connectivity index (χ0n) is 15.2. The number of nitrogens with zero attached hydrogens (tertiary/aromatic N) is 2. The number of nitrogens with one attached hydrogen (secondary N) is 2. The van der Waals surface area contributed by atoms with Crippen LogP contribution in [0.25, 0.3) is 0 Å². The number of hydrogen-bond acceptors (Lipinski definition) is 4. The molecule has 0 spiro atoms. The number of aromatic amines is 1. The van der Waals surface area contributed by atoms with Crippen LogP contribution in [0.4, 0.5) is 0 Å². The van der Waals surface area contributed by atoms with E-state index in [4.69, 9.17) is 0 Å². The molecule has 1 aliphatic rings. The van der Waals surface area contributed by atoms with Crippen molar-refractivity contribution >= 4 is 12.3 Å². The Morgan fingerprint density at radius 1 is 1.52 bits per heavy atom. The number of imidazole rings is 1. The zero-order chi connectivity index (χ0) is 18.3. The number of carbonyl (C=O) groups is 2. The summed E-state index contributed by atoms with van der Waals surface area (Å²) in [5.41, 5.74) is -0.109. The Bertz CT molecular complexity index is 539. The lowest BCUT2D eigenvalue weighted by molar-refractivity contribution is -0.154. The number of aromatic nitrogens is 2. The van der Waals surface area contributed by atoms with E-state index < -0.39 is 0 Å². The molecule has 1 saturated carbocycles. The smallest absolute Gasteiger partial charge is 0.233 e. The summed E-state index contributed by atoms with van der Waals surface area (Å²) < 4.78 is 0. The molecule has 0 bridgehead atoms. The Balaban J connectivity index is 1.83. The van der Waals surface area contributed by atoms with Gasteiger partial charge in [-0.1, -0.05) is 39.5 Å². The summed E-state index contributed by atoms with van der Waals surface area (Å²) in [5.74, 6) is 1.29. The maximum absolute atomic E-state index is 12.4. The minimum absolute atomic E-state index is 0.00545. The van der Waals surface area contributed by atoms with Crippen LogP contribution in [0, 0.1) is 17.3 Å². The van der Waals surface area contributed by atoms with Gasteiger partial charge >= 0.3 is 0 Å². The average molecular weight is 350 g/mol. The molecule has 1 heterocycles. The second-order valence-electron chi connectivity index (χ2n) is 7.89. The first-order valence-electron chi connectivity index (χ1n) is 9.05. The summed E-state index contributed by atoms with van der Waals surface area (Å²) in [4.78, 5) is 30.4. The molecular weight excluding hydrogens is 320 g/mol. The second-order valence-corrected chi connectivity index (χ2v) is 7.89. The van der Waals surface area contributed by atoms with Gasteiger partial charge in [-0.2, -0.15) is 0 Å². The van der Waals surface area contributed by atoms with Crippen LogP contribution < -0.4 is 5.32 Å². The van der Waals surface area contributed by atoms with Crippen molar-refractivity contribution in [2.24, 2.45) is 17.3 Å². The van der Waals surface area contributed by atoms with Crippen LogP contribution in [-0.2, 0) is 16.0 Å². The van der Waals surface area contributed by atoms with Crippen molar-refractivity contribution in [3.63, 3.8) is 0 Å². The van der Waals surface area contributed by atoms with Crippen LogP contribution in [0.3, 0.4) is 0 Å². The predicted molar refractivity (Wildman–Crippen MR) is 93.7 cm³/mol. The fourth-order valence-electron chi connectivity index (χ4n) is 3.65. The van der Waals surface area contributed by atoms with Crippen molar-refractivity contribution in [2.45, 2.75) is 52.4 Å². The maximum atomic E-state index is 12.4. The predicted octanol–water partition coefficient (Wildman–Crippen LogP) is 2.14. The lowest BCUT2D eigenvalue weighted by Crippen LogP contribution is -2.38. The van der Waals surface area contributed by atoms with E-state index in [1.165, 1.54) is 0 Å². The van der Waals surface area contributed by atoms with E-state index in [2.05, 4.69) is 29.1 Å². The van der Waals surface area contributed by atoms with E-state index in [1.54, 1.807) is 12.4 Å². The molecule has 1 aromatic rings. The van der Waals surface area contributed by atoms with Gasteiger partial charge in [0.1, 0.15) is 5.82 Å². The molecule has 25 heavy (non-hydrogen) atoms. The molecule has 0 aliphatic heterocycles. The van der Waals surface area contributed by atoms with Crippen molar-refractivity contribution in [1.29, 1.82) is 0 Å². The highest BCUT2D eigenvalue weighted by Crippen LogP contribution is 2.33. The van der Waals surface area contributed by atoms with Gasteiger partial charge in [-0.3, -0.25) is 14.8 Å². The van der Waals surface area contributed by atoms with Gasteiger partial charge in [-0.25, -0.2) is 10.0 Å². The summed E-state index contributed by atoms with van der Waals surface area (Å²) in [6.45, 7) is 4.95. The number of H-pyrrole nitrogens is 1. The molecule has 140 valence electrons. The normalized spacial score (nSPS) is 16.6. The summed E-state index contributed by atoms with van der Waals surface area (Å²) in [5, 5.41) is 13.2. The fraction of sp³-hybridized carbons (Fsp3) is 0.722. The SMILES string of the molecule is CC(C)(CNC(=O)CC(CN(O)C=O)C1CCCC1)Cc1ncc[nH]1. The molecule has 3 N–H and O–H groups in total. The number of carbonyl (C=O) groups excluding carboxylic acids is 2.